The number of benzene rings is 1. The van der Waals surface area contributed by atoms with Crippen molar-refractivity contribution >= 4 is 16.8 Å². The van der Waals surface area contributed by atoms with E-state index in [0.717, 1.165) is 24.4 Å². The number of amides is 1. The van der Waals surface area contributed by atoms with Crippen LogP contribution >= 0.6 is 0 Å². The first-order chi connectivity index (χ1) is 15.7. The van der Waals surface area contributed by atoms with Crippen LogP contribution in [-0.2, 0) is 13.1 Å². The maximum atomic E-state index is 13.5. The van der Waals surface area contributed by atoms with Gasteiger partial charge in [0.25, 0.3) is 11.5 Å². The van der Waals surface area contributed by atoms with E-state index in [2.05, 4.69) is 15.3 Å². The van der Waals surface area contributed by atoms with E-state index < -0.39 is 34.7 Å². The van der Waals surface area contributed by atoms with Gasteiger partial charge in [0.05, 0.1) is 47.1 Å². The minimum Gasteiger partial charge on any atom is -0.346 e. The molecule has 0 radical (unpaired) electrons. The molecule has 0 aliphatic rings. The van der Waals surface area contributed by atoms with Crippen molar-refractivity contribution in [3.63, 3.8) is 0 Å². The summed E-state index contributed by atoms with van der Waals surface area (Å²) in [4.78, 5) is 33.6. The molecule has 1 aromatic carbocycles. The van der Waals surface area contributed by atoms with Crippen LogP contribution < -0.4 is 10.9 Å². The number of hydrogen-bond donors (Lipinski definition) is 1. The van der Waals surface area contributed by atoms with Crippen molar-refractivity contribution in [2.45, 2.75) is 20.0 Å². The van der Waals surface area contributed by atoms with E-state index in [1.165, 1.54) is 22.9 Å². The molecular weight excluding hydrogens is 440 g/mol. The summed E-state index contributed by atoms with van der Waals surface area (Å²) in [5.74, 6) is -4.77. The molecule has 4 aromatic rings. The second-order valence-corrected chi connectivity index (χ2v) is 7.32. The third-order valence-electron chi connectivity index (χ3n) is 5.02. The van der Waals surface area contributed by atoms with Crippen LogP contribution in [0, 0.1) is 30.2 Å². The molecule has 0 atom stereocenters. The van der Waals surface area contributed by atoms with Crippen LogP contribution in [0.15, 0.2) is 53.6 Å². The van der Waals surface area contributed by atoms with Crippen LogP contribution in [0.25, 0.3) is 10.9 Å². The SMILES string of the molecule is Cc1nc2ccn(Cc3ccc(F)c(F)c3)c(=O)c2cc1C(=O)NCc1cc(F)c(F)cn1. The Morgan fingerprint density at radius 2 is 1.76 bits per heavy atom. The Labute approximate surface area is 184 Å². The van der Waals surface area contributed by atoms with Gasteiger partial charge in [0.2, 0.25) is 0 Å². The van der Waals surface area contributed by atoms with E-state index in [1.54, 1.807) is 13.0 Å². The van der Waals surface area contributed by atoms with E-state index in [-0.39, 0.29) is 29.7 Å². The van der Waals surface area contributed by atoms with Gasteiger partial charge in [0, 0.05) is 12.3 Å². The number of hydrogen-bond acceptors (Lipinski definition) is 4. The smallest absolute Gasteiger partial charge is 0.260 e. The highest BCUT2D eigenvalue weighted by Crippen LogP contribution is 2.15. The molecule has 0 saturated carbocycles. The second kappa shape index (κ2) is 8.81. The topological polar surface area (TPSA) is 76.9 Å². The summed E-state index contributed by atoms with van der Waals surface area (Å²) in [6.07, 6.45) is 2.20. The predicted molar refractivity (Wildman–Crippen MR) is 112 cm³/mol. The van der Waals surface area contributed by atoms with Crippen LogP contribution in [0.4, 0.5) is 17.6 Å². The van der Waals surface area contributed by atoms with Crippen molar-refractivity contribution in [2.75, 3.05) is 0 Å². The normalized spacial score (nSPS) is 11.1. The van der Waals surface area contributed by atoms with Gasteiger partial charge in [0.1, 0.15) is 0 Å². The monoisotopic (exact) mass is 456 g/mol. The number of nitrogens with zero attached hydrogens (tertiary/aromatic N) is 3. The van der Waals surface area contributed by atoms with E-state index in [4.69, 9.17) is 0 Å². The molecule has 1 amide bonds. The first-order valence-corrected chi connectivity index (χ1v) is 9.76. The fraction of sp³-hybridized carbons (Fsp3) is 0.130. The summed E-state index contributed by atoms with van der Waals surface area (Å²) >= 11 is 0. The molecule has 0 saturated heterocycles. The van der Waals surface area contributed by atoms with E-state index in [9.17, 15) is 27.2 Å². The summed E-state index contributed by atoms with van der Waals surface area (Å²) in [6, 6.07) is 7.19. The number of nitrogens with one attached hydrogen (secondary N) is 1. The molecular formula is C23H16F4N4O2. The number of carbonyl (C=O) groups is 1. The average molecular weight is 456 g/mol. The van der Waals surface area contributed by atoms with E-state index in [0.29, 0.717) is 16.8 Å². The largest absolute Gasteiger partial charge is 0.346 e. The second-order valence-electron chi connectivity index (χ2n) is 7.32. The summed E-state index contributed by atoms with van der Waals surface area (Å²) < 4.78 is 54.3. The van der Waals surface area contributed by atoms with Crippen LogP contribution in [0.2, 0.25) is 0 Å². The highest BCUT2D eigenvalue weighted by atomic mass is 19.2. The summed E-state index contributed by atoms with van der Waals surface area (Å²) in [5.41, 5.74) is 0.859. The Bertz CT molecular complexity index is 1450. The van der Waals surface area contributed by atoms with Crippen molar-refractivity contribution in [1.29, 1.82) is 0 Å². The zero-order chi connectivity index (χ0) is 23.7. The molecule has 33 heavy (non-hydrogen) atoms. The molecule has 0 spiro atoms. The van der Waals surface area contributed by atoms with Gasteiger partial charge in [-0.05, 0) is 36.8 Å². The lowest BCUT2D eigenvalue weighted by Gasteiger charge is -2.11. The third-order valence-corrected chi connectivity index (χ3v) is 5.02. The lowest BCUT2D eigenvalue weighted by Crippen LogP contribution is -2.26. The van der Waals surface area contributed by atoms with Crippen molar-refractivity contribution in [3.05, 3.63) is 105 Å². The van der Waals surface area contributed by atoms with Crippen LogP contribution in [0.1, 0.15) is 27.3 Å². The fourth-order valence-corrected chi connectivity index (χ4v) is 3.31. The highest BCUT2D eigenvalue weighted by molar-refractivity contribution is 5.98. The predicted octanol–water partition coefficient (Wildman–Crippen LogP) is 3.63. The van der Waals surface area contributed by atoms with Gasteiger partial charge in [-0.1, -0.05) is 6.07 Å². The maximum Gasteiger partial charge on any atom is 0.260 e. The molecule has 3 heterocycles. The lowest BCUT2D eigenvalue weighted by molar-refractivity contribution is 0.0949. The van der Waals surface area contributed by atoms with E-state index in [1.807, 2.05) is 0 Å². The van der Waals surface area contributed by atoms with Gasteiger partial charge < -0.3 is 9.88 Å². The molecule has 1 N–H and O–H groups in total. The van der Waals surface area contributed by atoms with E-state index >= 15 is 0 Å². The number of aryl methyl sites for hydroxylation is 1. The number of halogens is 4. The number of rotatable bonds is 5. The Morgan fingerprint density at radius 1 is 1.00 bits per heavy atom. The molecule has 0 unspecified atom stereocenters. The maximum absolute atomic E-state index is 13.5. The Kier molecular flexibility index (Phi) is 5.91. The minimum atomic E-state index is -1.10. The Morgan fingerprint density at radius 3 is 2.48 bits per heavy atom. The number of carbonyl (C=O) groups excluding carboxylic acids is 1. The molecule has 4 rings (SSSR count). The quantitative estimate of drug-likeness (QED) is 0.466. The summed E-state index contributed by atoms with van der Waals surface area (Å²) in [5, 5.41) is 2.69. The molecule has 0 aliphatic heterocycles. The molecule has 0 aliphatic carbocycles. The number of aromatic nitrogens is 3. The van der Waals surface area contributed by atoms with Crippen LogP contribution in [0.3, 0.4) is 0 Å². The summed E-state index contributed by atoms with van der Waals surface area (Å²) in [7, 11) is 0. The minimum absolute atomic E-state index is 0.0107. The summed E-state index contributed by atoms with van der Waals surface area (Å²) in [6.45, 7) is 1.42. The van der Waals surface area contributed by atoms with Gasteiger partial charge in [-0.25, -0.2) is 17.6 Å². The zero-order valence-electron chi connectivity index (χ0n) is 17.2. The van der Waals surface area contributed by atoms with Crippen molar-refractivity contribution in [2.24, 2.45) is 0 Å². The molecule has 168 valence electrons. The van der Waals surface area contributed by atoms with Gasteiger partial charge in [-0.3, -0.25) is 19.6 Å². The molecule has 3 aromatic heterocycles. The number of pyridine rings is 3. The van der Waals surface area contributed by atoms with Gasteiger partial charge in [-0.2, -0.15) is 0 Å². The van der Waals surface area contributed by atoms with Gasteiger partial charge in [-0.15, -0.1) is 0 Å². The molecule has 0 fully saturated rings. The van der Waals surface area contributed by atoms with Crippen LogP contribution in [0.5, 0.6) is 0 Å². The van der Waals surface area contributed by atoms with Gasteiger partial charge in [0.15, 0.2) is 23.3 Å². The first-order valence-electron chi connectivity index (χ1n) is 9.76. The van der Waals surface area contributed by atoms with Crippen molar-refractivity contribution in [3.8, 4) is 0 Å². The molecule has 0 bridgehead atoms. The molecule has 6 nitrogen and oxygen atoms in total. The third kappa shape index (κ3) is 4.59. The highest BCUT2D eigenvalue weighted by Gasteiger charge is 2.15. The Balaban J connectivity index is 1.62. The Hall–Kier alpha value is -4.08. The fourth-order valence-electron chi connectivity index (χ4n) is 3.31. The van der Waals surface area contributed by atoms with Crippen molar-refractivity contribution < 1.29 is 22.4 Å². The van der Waals surface area contributed by atoms with Gasteiger partial charge >= 0.3 is 0 Å². The van der Waals surface area contributed by atoms with Crippen molar-refractivity contribution in [1.82, 2.24) is 19.9 Å². The zero-order valence-corrected chi connectivity index (χ0v) is 17.2. The average Bonchev–Trinajstić information content (AvgIpc) is 2.78. The van der Waals surface area contributed by atoms with Crippen LogP contribution in [-0.4, -0.2) is 20.4 Å². The molecule has 10 heteroatoms. The lowest BCUT2D eigenvalue weighted by atomic mass is 10.1. The first kappa shape index (κ1) is 22.1. The standard InChI is InChI=1S/C23H16F4N4O2/c1-12-15(22(32)29-9-14-7-19(26)20(27)10-28-14)8-16-21(30-12)4-5-31(23(16)33)11-13-2-3-17(24)18(25)6-13/h2-8,10H,9,11H2,1H3,(H,29,32). The number of fused-ring (bicyclic) bond motifs is 1.